The maximum atomic E-state index is 12.7. The first-order valence-corrected chi connectivity index (χ1v) is 8.72. The van der Waals surface area contributed by atoms with Crippen LogP contribution in [0.2, 0.25) is 0 Å². The lowest BCUT2D eigenvalue weighted by Crippen LogP contribution is -2.32. The molecule has 1 aliphatic heterocycles. The quantitative estimate of drug-likeness (QED) is 0.917. The summed E-state index contributed by atoms with van der Waals surface area (Å²) in [5.41, 5.74) is 2.35. The molecule has 2 aromatic heterocycles. The number of carbonyl (C=O) groups is 1. The van der Waals surface area contributed by atoms with E-state index in [-0.39, 0.29) is 5.91 Å². The van der Waals surface area contributed by atoms with Crippen molar-refractivity contribution in [1.29, 1.82) is 0 Å². The minimum atomic E-state index is 0.0388. The summed E-state index contributed by atoms with van der Waals surface area (Å²) in [6, 6.07) is 0. The third-order valence-electron chi connectivity index (χ3n) is 4.74. The van der Waals surface area contributed by atoms with E-state index in [2.05, 4.69) is 25.3 Å². The van der Waals surface area contributed by atoms with E-state index in [0.717, 1.165) is 56.0 Å². The second-order valence-corrected chi connectivity index (χ2v) is 6.46. The molecule has 2 aromatic rings. The standard InChI is InChI=1S/C18H24N6O/c1-13-16(10-20-12-23-13)18(25)24-6-3-4-14(5-7-24)8-15-9-22-17(19-2)11-21-15/h9-12,14H,3-8H2,1-2H3,(H,19,22)/t14-/m0/s1. The number of hydrogen-bond acceptors (Lipinski definition) is 6. The predicted molar refractivity (Wildman–Crippen MR) is 95.3 cm³/mol. The smallest absolute Gasteiger partial charge is 0.257 e. The van der Waals surface area contributed by atoms with Crippen LogP contribution in [-0.4, -0.2) is 50.9 Å². The lowest BCUT2D eigenvalue weighted by atomic mass is 9.95. The van der Waals surface area contributed by atoms with Gasteiger partial charge in [0.2, 0.25) is 0 Å². The molecule has 1 saturated heterocycles. The minimum Gasteiger partial charge on any atom is -0.372 e. The molecule has 1 amide bonds. The highest BCUT2D eigenvalue weighted by atomic mass is 16.2. The van der Waals surface area contributed by atoms with Crippen molar-refractivity contribution in [3.8, 4) is 0 Å². The summed E-state index contributed by atoms with van der Waals surface area (Å²) in [7, 11) is 1.83. The number of aryl methyl sites for hydroxylation is 1. The SMILES string of the molecule is CNc1cnc(C[C@H]2CCCN(C(=O)c3cncnc3C)CC2)cn1. The molecule has 3 rings (SSSR count). The Morgan fingerprint density at radius 1 is 1.20 bits per heavy atom. The number of carbonyl (C=O) groups excluding carboxylic acids is 1. The van der Waals surface area contributed by atoms with Crippen molar-refractivity contribution in [2.24, 2.45) is 5.92 Å². The largest absolute Gasteiger partial charge is 0.372 e. The highest BCUT2D eigenvalue weighted by molar-refractivity contribution is 5.94. The third kappa shape index (κ3) is 4.29. The van der Waals surface area contributed by atoms with E-state index in [9.17, 15) is 4.79 Å². The molecule has 0 saturated carbocycles. The Morgan fingerprint density at radius 3 is 2.80 bits per heavy atom. The number of nitrogens with one attached hydrogen (secondary N) is 1. The van der Waals surface area contributed by atoms with E-state index in [1.54, 1.807) is 12.4 Å². The van der Waals surface area contributed by atoms with Crippen LogP contribution < -0.4 is 5.32 Å². The summed E-state index contributed by atoms with van der Waals surface area (Å²) in [5.74, 6) is 1.35. The molecular weight excluding hydrogens is 316 g/mol. The van der Waals surface area contributed by atoms with Crippen molar-refractivity contribution in [1.82, 2.24) is 24.8 Å². The molecule has 7 heteroatoms. The molecule has 25 heavy (non-hydrogen) atoms. The zero-order chi connectivity index (χ0) is 17.6. The van der Waals surface area contributed by atoms with E-state index < -0.39 is 0 Å². The normalized spacial score (nSPS) is 17.8. The molecule has 1 atom stereocenters. The molecule has 3 heterocycles. The van der Waals surface area contributed by atoms with Crippen LogP contribution >= 0.6 is 0 Å². The molecule has 0 aromatic carbocycles. The first kappa shape index (κ1) is 17.3. The van der Waals surface area contributed by atoms with Crippen molar-refractivity contribution in [2.75, 3.05) is 25.5 Å². The molecule has 1 aliphatic rings. The highest BCUT2D eigenvalue weighted by Gasteiger charge is 2.23. The molecule has 0 bridgehead atoms. The molecule has 7 nitrogen and oxygen atoms in total. The van der Waals surface area contributed by atoms with Gasteiger partial charge in [-0.2, -0.15) is 0 Å². The van der Waals surface area contributed by atoms with Gasteiger partial charge in [0.1, 0.15) is 12.1 Å². The lowest BCUT2D eigenvalue weighted by Gasteiger charge is -2.21. The number of anilines is 1. The van der Waals surface area contributed by atoms with Gasteiger partial charge >= 0.3 is 0 Å². The van der Waals surface area contributed by atoms with Gasteiger partial charge in [-0.1, -0.05) is 0 Å². The first-order chi connectivity index (χ1) is 12.2. The second-order valence-electron chi connectivity index (χ2n) is 6.46. The zero-order valence-electron chi connectivity index (χ0n) is 14.8. The number of rotatable bonds is 4. The van der Waals surface area contributed by atoms with E-state index in [1.165, 1.54) is 6.33 Å². The fourth-order valence-corrected chi connectivity index (χ4v) is 3.23. The minimum absolute atomic E-state index is 0.0388. The van der Waals surface area contributed by atoms with Crippen molar-refractivity contribution in [3.05, 3.63) is 41.9 Å². The number of nitrogens with zero attached hydrogens (tertiary/aromatic N) is 5. The number of hydrogen-bond donors (Lipinski definition) is 1. The summed E-state index contributed by atoms with van der Waals surface area (Å²) in [6.45, 7) is 3.40. The molecule has 0 spiro atoms. The van der Waals surface area contributed by atoms with Gasteiger partial charge in [0.25, 0.3) is 5.91 Å². The molecule has 0 radical (unpaired) electrons. The van der Waals surface area contributed by atoms with Gasteiger partial charge in [0, 0.05) is 26.3 Å². The fourth-order valence-electron chi connectivity index (χ4n) is 3.23. The van der Waals surface area contributed by atoms with Gasteiger partial charge in [0.05, 0.1) is 29.3 Å². The maximum absolute atomic E-state index is 12.7. The monoisotopic (exact) mass is 340 g/mol. The van der Waals surface area contributed by atoms with Crippen LogP contribution in [0, 0.1) is 12.8 Å². The molecule has 0 unspecified atom stereocenters. The van der Waals surface area contributed by atoms with Crippen LogP contribution in [0.4, 0.5) is 5.82 Å². The Bertz CT molecular complexity index is 718. The Morgan fingerprint density at radius 2 is 2.08 bits per heavy atom. The van der Waals surface area contributed by atoms with Crippen molar-refractivity contribution >= 4 is 11.7 Å². The number of aromatic nitrogens is 4. The number of likely N-dealkylation sites (tertiary alicyclic amines) is 1. The molecule has 0 aliphatic carbocycles. The van der Waals surface area contributed by atoms with Gasteiger partial charge in [-0.25, -0.2) is 15.0 Å². The van der Waals surface area contributed by atoms with E-state index in [4.69, 9.17) is 0 Å². The highest BCUT2D eigenvalue weighted by Crippen LogP contribution is 2.22. The average Bonchev–Trinajstić information content (AvgIpc) is 2.88. The fraction of sp³-hybridized carbons (Fsp3) is 0.500. The molecule has 132 valence electrons. The average molecular weight is 340 g/mol. The summed E-state index contributed by atoms with van der Waals surface area (Å²) >= 11 is 0. The van der Waals surface area contributed by atoms with Gasteiger partial charge in [-0.05, 0) is 38.5 Å². The Hall–Kier alpha value is -2.57. The maximum Gasteiger partial charge on any atom is 0.257 e. The van der Waals surface area contributed by atoms with Crippen LogP contribution in [0.1, 0.15) is 41.0 Å². The predicted octanol–water partition coefficient (Wildman–Crippen LogP) is 2.10. The summed E-state index contributed by atoms with van der Waals surface area (Å²) < 4.78 is 0. The van der Waals surface area contributed by atoms with E-state index in [1.807, 2.05) is 25.1 Å². The van der Waals surface area contributed by atoms with E-state index in [0.29, 0.717) is 11.5 Å². The van der Waals surface area contributed by atoms with Crippen LogP contribution in [0.15, 0.2) is 24.9 Å². The van der Waals surface area contributed by atoms with Crippen LogP contribution in [-0.2, 0) is 6.42 Å². The Kier molecular flexibility index (Phi) is 5.53. The number of amides is 1. The van der Waals surface area contributed by atoms with Gasteiger partial charge < -0.3 is 10.2 Å². The van der Waals surface area contributed by atoms with Crippen LogP contribution in [0.3, 0.4) is 0 Å². The van der Waals surface area contributed by atoms with Crippen LogP contribution in [0.25, 0.3) is 0 Å². The van der Waals surface area contributed by atoms with Gasteiger partial charge in [-0.3, -0.25) is 9.78 Å². The summed E-state index contributed by atoms with van der Waals surface area (Å²) in [5, 5.41) is 2.98. The zero-order valence-corrected chi connectivity index (χ0v) is 14.8. The molecule has 1 N–H and O–H groups in total. The van der Waals surface area contributed by atoms with Gasteiger partial charge in [0.15, 0.2) is 0 Å². The van der Waals surface area contributed by atoms with E-state index >= 15 is 0 Å². The Balaban J connectivity index is 1.60. The molecule has 1 fully saturated rings. The summed E-state index contributed by atoms with van der Waals surface area (Å²) in [6.07, 6.45) is 10.7. The first-order valence-electron chi connectivity index (χ1n) is 8.72. The van der Waals surface area contributed by atoms with Crippen molar-refractivity contribution in [2.45, 2.75) is 32.6 Å². The van der Waals surface area contributed by atoms with Crippen molar-refractivity contribution in [3.63, 3.8) is 0 Å². The van der Waals surface area contributed by atoms with Gasteiger partial charge in [-0.15, -0.1) is 0 Å². The van der Waals surface area contributed by atoms with Crippen LogP contribution in [0.5, 0.6) is 0 Å². The summed E-state index contributed by atoms with van der Waals surface area (Å²) in [4.78, 5) is 31.6. The topological polar surface area (TPSA) is 83.9 Å². The Labute approximate surface area is 147 Å². The second kappa shape index (κ2) is 8.00. The molecular formula is C18H24N6O. The lowest BCUT2D eigenvalue weighted by molar-refractivity contribution is 0.0758. The van der Waals surface area contributed by atoms with Crippen molar-refractivity contribution < 1.29 is 4.79 Å². The third-order valence-corrected chi connectivity index (χ3v) is 4.74.